The Morgan fingerprint density at radius 3 is 1.64 bits per heavy atom. The zero-order chi connectivity index (χ0) is 36.0. The smallest absolute Gasteiger partial charge is 0.146 e. The van der Waals surface area contributed by atoms with Crippen LogP contribution in [-0.2, 0) is 28.7 Å². The maximum absolute atomic E-state index is 10.9. The zero-order valence-electron chi connectivity index (χ0n) is 30.4. The van der Waals surface area contributed by atoms with Crippen molar-refractivity contribution in [2.75, 3.05) is 18.6 Å². The number of hydrogen-bond acceptors (Lipinski definition) is 12. The number of nitrogens with two attached hydrogens (primary N) is 2. The van der Waals surface area contributed by atoms with Crippen molar-refractivity contribution in [3.8, 4) is 22.5 Å². The van der Waals surface area contributed by atoms with Crippen LogP contribution in [0.1, 0.15) is 136 Å². The SMILES string of the molecule is CC1(n2c3c(c4c(N)ncnc42)-c2noc(C4CC4)c2[C@H](O)CC3)CC1.CO[C@@H]1CCc2c(c3c(N)ncnc3n2C2(C)CC2)-c2noc(C3CC3)c21. The Morgan fingerprint density at radius 2 is 1.17 bits per heavy atom. The van der Waals surface area contributed by atoms with Gasteiger partial charge >= 0.3 is 0 Å². The van der Waals surface area contributed by atoms with Crippen molar-refractivity contribution in [1.29, 1.82) is 0 Å². The first-order chi connectivity index (χ1) is 25.7. The first kappa shape index (κ1) is 31.7. The van der Waals surface area contributed by atoms with Crippen LogP contribution in [0.5, 0.6) is 0 Å². The average Bonchev–Trinajstić information content (AvgIpc) is 4.05. The number of anilines is 2. The Labute approximate surface area is 305 Å². The lowest BCUT2D eigenvalue weighted by Crippen LogP contribution is -2.16. The number of fused-ring (bicyclic) bond motifs is 10. The van der Waals surface area contributed by atoms with Gasteiger partial charge in [-0.05, 0) is 90.9 Å². The molecule has 0 spiro atoms. The monoisotopic (exact) mass is 716 g/mol. The number of nitrogens with zero attached hydrogens (tertiary/aromatic N) is 8. The molecule has 12 rings (SSSR count). The van der Waals surface area contributed by atoms with E-state index in [1.165, 1.54) is 12.0 Å². The van der Waals surface area contributed by atoms with E-state index in [-0.39, 0.29) is 17.2 Å². The van der Waals surface area contributed by atoms with E-state index in [0.29, 0.717) is 29.9 Å². The highest BCUT2D eigenvalue weighted by molar-refractivity contribution is 6.04. The van der Waals surface area contributed by atoms with E-state index in [4.69, 9.17) is 25.3 Å². The standard InChI is InChI=1S/C20H23N5O2.C19H21N5O2/c1-20(7-8-20)25-11-5-6-12(26-2)14-16(24-27-17(14)10-3-4-10)13(11)15-18(21)22-9-23-19(15)25;1-19(6-7-19)24-10-4-5-11(25)13-15(23-26-16(13)9-2-3-9)12(10)14-17(20)21-8-22-18(14)24/h9-10,12H,3-8H2,1-2H3,(H2,21,22,23);8-9,11,25H,2-7H2,1H3,(H2,20,21,22)/t12-;11-/m11/s1. The fourth-order valence-corrected chi connectivity index (χ4v) is 9.28. The van der Waals surface area contributed by atoms with Gasteiger partial charge in [0.25, 0.3) is 0 Å². The first-order valence-electron chi connectivity index (χ1n) is 19.2. The molecule has 0 saturated heterocycles. The van der Waals surface area contributed by atoms with Crippen LogP contribution in [0.15, 0.2) is 21.7 Å². The Balaban J connectivity index is 0.000000125. The van der Waals surface area contributed by atoms with E-state index < -0.39 is 6.10 Å². The summed E-state index contributed by atoms with van der Waals surface area (Å²) < 4.78 is 22.2. The van der Waals surface area contributed by atoms with Crippen molar-refractivity contribution < 1.29 is 18.9 Å². The molecule has 53 heavy (non-hydrogen) atoms. The summed E-state index contributed by atoms with van der Waals surface area (Å²) in [6.45, 7) is 4.55. The first-order valence-corrected chi connectivity index (χ1v) is 19.2. The second-order valence-corrected chi connectivity index (χ2v) is 16.7. The molecule has 2 atom stereocenters. The molecule has 6 aromatic heterocycles. The highest BCUT2D eigenvalue weighted by Crippen LogP contribution is 2.56. The van der Waals surface area contributed by atoms with Gasteiger partial charge in [-0.1, -0.05) is 10.3 Å². The molecule has 0 aliphatic heterocycles. The van der Waals surface area contributed by atoms with Crippen LogP contribution in [0.4, 0.5) is 11.6 Å². The number of methoxy groups -OCH3 is 1. The summed E-state index contributed by atoms with van der Waals surface area (Å²) >= 11 is 0. The molecule has 6 aliphatic rings. The van der Waals surface area contributed by atoms with Crippen LogP contribution in [0.3, 0.4) is 0 Å². The lowest BCUT2D eigenvalue weighted by atomic mass is 10.0. The Bertz CT molecular complexity index is 2470. The Kier molecular flexibility index (Phi) is 6.50. The van der Waals surface area contributed by atoms with Gasteiger partial charge in [-0.3, -0.25) is 0 Å². The molecule has 0 amide bonds. The molecule has 6 aromatic rings. The van der Waals surface area contributed by atoms with E-state index in [9.17, 15) is 5.11 Å². The Hall–Kier alpha value is -4.82. The van der Waals surface area contributed by atoms with Crippen molar-refractivity contribution in [3.63, 3.8) is 0 Å². The summed E-state index contributed by atoms with van der Waals surface area (Å²) in [7, 11) is 1.78. The zero-order valence-corrected chi connectivity index (χ0v) is 30.4. The maximum Gasteiger partial charge on any atom is 0.146 e. The molecular weight excluding hydrogens is 672 g/mol. The van der Waals surface area contributed by atoms with Crippen LogP contribution in [-0.4, -0.2) is 51.6 Å². The second kappa shape index (κ2) is 10.9. The van der Waals surface area contributed by atoms with Gasteiger partial charge < -0.3 is 39.5 Å². The molecule has 0 unspecified atom stereocenters. The van der Waals surface area contributed by atoms with E-state index in [2.05, 4.69) is 53.2 Å². The van der Waals surface area contributed by atoms with Gasteiger partial charge in [-0.2, -0.15) is 0 Å². The molecule has 0 radical (unpaired) electrons. The fourth-order valence-electron chi connectivity index (χ4n) is 9.28. The van der Waals surface area contributed by atoms with Gasteiger partial charge in [0, 0.05) is 52.5 Å². The van der Waals surface area contributed by atoms with Crippen LogP contribution in [0, 0.1) is 0 Å². The van der Waals surface area contributed by atoms with Gasteiger partial charge in [-0.25, -0.2) is 19.9 Å². The number of hydrogen-bond donors (Lipinski definition) is 3. The molecule has 14 heteroatoms. The molecule has 14 nitrogen and oxygen atoms in total. The number of aliphatic hydroxyl groups excluding tert-OH is 1. The topological polar surface area (TPSA) is 195 Å². The number of aromatic nitrogens is 8. The molecule has 4 fully saturated rings. The summed E-state index contributed by atoms with van der Waals surface area (Å²) in [6, 6.07) is 0. The van der Waals surface area contributed by atoms with Gasteiger partial charge in [0.1, 0.15) is 58.5 Å². The summed E-state index contributed by atoms with van der Waals surface area (Å²) in [4.78, 5) is 17.7. The predicted octanol–water partition coefficient (Wildman–Crippen LogP) is 6.72. The normalized spacial score (nSPS) is 23.3. The molecule has 274 valence electrons. The van der Waals surface area contributed by atoms with E-state index in [1.54, 1.807) is 13.4 Å². The average molecular weight is 717 g/mol. The lowest BCUT2D eigenvalue weighted by molar-refractivity contribution is 0.0948. The predicted molar refractivity (Wildman–Crippen MR) is 196 cm³/mol. The minimum atomic E-state index is -0.555. The molecule has 4 saturated carbocycles. The molecule has 5 N–H and O–H groups in total. The minimum Gasteiger partial charge on any atom is -0.388 e. The van der Waals surface area contributed by atoms with Crippen LogP contribution >= 0.6 is 0 Å². The van der Waals surface area contributed by atoms with Crippen molar-refractivity contribution >= 4 is 33.7 Å². The van der Waals surface area contributed by atoms with E-state index >= 15 is 0 Å². The summed E-state index contributed by atoms with van der Waals surface area (Å²) in [5.74, 6) is 3.70. The number of aliphatic hydroxyl groups is 1. The van der Waals surface area contributed by atoms with E-state index in [1.807, 2.05) is 0 Å². The largest absolute Gasteiger partial charge is 0.388 e. The van der Waals surface area contributed by atoms with Gasteiger partial charge in [0.2, 0.25) is 0 Å². The molecular formula is C39H44N10O4. The number of nitrogen functional groups attached to an aromatic ring is 2. The van der Waals surface area contributed by atoms with Gasteiger partial charge in [-0.15, -0.1) is 0 Å². The highest BCUT2D eigenvalue weighted by Gasteiger charge is 2.47. The minimum absolute atomic E-state index is 0.00406. The molecule has 6 heterocycles. The van der Waals surface area contributed by atoms with Crippen molar-refractivity contribution in [3.05, 3.63) is 46.7 Å². The van der Waals surface area contributed by atoms with Gasteiger partial charge in [0.05, 0.1) is 34.1 Å². The highest BCUT2D eigenvalue weighted by atomic mass is 16.5. The third-order valence-electron chi connectivity index (χ3n) is 12.9. The van der Waals surface area contributed by atoms with Crippen LogP contribution < -0.4 is 11.5 Å². The molecule has 6 aliphatic carbocycles. The van der Waals surface area contributed by atoms with Crippen molar-refractivity contribution in [2.45, 2.75) is 126 Å². The number of rotatable bonds is 5. The second-order valence-electron chi connectivity index (χ2n) is 16.7. The molecule has 0 aromatic carbocycles. The number of ether oxygens (including phenoxy) is 1. The van der Waals surface area contributed by atoms with Crippen molar-refractivity contribution in [2.24, 2.45) is 0 Å². The summed E-state index contributed by atoms with van der Waals surface area (Å²) in [5.41, 5.74) is 22.6. The Morgan fingerprint density at radius 1 is 0.698 bits per heavy atom. The quantitative estimate of drug-likeness (QED) is 0.171. The third kappa shape index (κ3) is 4.57. The summed E-state index contributed by atoms with van der Waals surface area (Å²) in [6.07, 6.45) is 14.8. The lowest BCUT2D eigenvalue weighted by Gasteiger charge is -2.18. The van der Waals surface area contributed by atoms with Gasteiger partial charge in [0.15, 0.2) is 0 Å². The van der Waals surface area contributed by atoms with Crippen molar-refractivity contribution in [1.82, 2.24) is 39.4 Å². The van der Waals surface area contributed by atoms with Crippen LogP contribution in [0.25, 0.3) is 44.6 Å². The molecule has 0 bridgehead atoms. The van der Waals surface area contributed by atoms with E-state index in [0.717, 1.165) is 144 Å². The van der Waals surface area contributed by atoms with Crippen LogP contribution in [0.2, 0.25) is 0 Å². The summed E-state index contributed by atoms with van der Waals surface area (Å²) in [5, 5.41) is 21.6. The third-order valence-corrected chi connectivity index (χ3v) is 12.9. The maximum atomic E-state index is 10.9. The fraction of sp³-hybridized carbons (Fsp3) is 0.538.